The molecule has 1 atom stereocenters. The van der Waals surface area contributed by atoms with Gasteiger partial charge in [0.25, 0.3) is 0 Å². The first-order valence-electron chi connectivity index (χ1n) is 8.23. The number of carbonyl (C=O) groups is 1. The second kappa shape index (κ2) is 6.90. The van der Waals surface area contributed by atoms with Gasteiger partial charge in [-0.3, -0.25) is 4.79 Å². The van der Waals surface area contributed by atoms with E-state index in [1.54, 1.807) is 0 Å². The monoisotopic (exact) mass is 361 g/mol. The highest BCUT2D eigenvalue weighted by Gasteiger charge is 2.39. The van der Waals surface area contributed by atoms with Crippen LogP contribution in [0.3, 0.4) is 0 Å². The van der Waals surface area contributed by atoms with Crippen LogP contribution in [0.25, 0.3) is 5.57 Å². The Morgan fingerprint density at radius 1 is 1.15 bits per heavy atom. The minimum atomic E-state index is -4.51. The number of carbonyl (C=O) groups excluding carboxylic acids is 1. The Labute approximate surface area is 149 Å². The summed E-state index contributed by atoms with van der Waals surface area (Å²) in [6.07, 6.45) is -4.37. The molecule has 0 spiro atoms. The van der Waals surface area contributed by atoms with Gasteiger partial charge >= 0.3 is 6.18 Å². The maximum Gasteiger partial charge on any atom is 0.433 e. The molecule has 0 saturated carbocycles. The number of nitrogens with zero attached hydrogens (tertiary/aromatic N) is 2. The second-order valence-corrected chi connectivity index (χ2v) is 6.25. The SMILES string of the molecule is CC1=C(c2ccccc2)[C@H]1C(=O)NCCc1nc(C)cc(C(F)(F)F)n1. The van der Waals surface area contributed by atoms with Crippen molar-refractivity contribution in [1.82, 2.24) is 15.3 Å². The smallest absolute Gasteiger partial charge is 0.355 e. The summed E-state index contributed by atoms with van der Waals surface area (Å²) in [6.45, 7) is 3.58. The van der Waals surface area contributed by atoms with Crippen LogP contribution in [0.4, 0.5) is 13.2 Å². The van der Waals surface area contributed by atoms with E-state index in [1.807, 2.05) is 37.3 Å². The Morgan fingerprint density at radius 2 is 1.85 bits per heavy atom. The molecule has 1 heterocycles. The molecule has 2 aromatic rings. The molecular formula is C19H18F3N3O. The number of aromatic nitrogens is 2. The summed E-state index contributed by atoms with van der Waals surface area (Å²) in [4.78, 5) is 19.9. The quantitative estimate of drug-likeness (QED) is 0.886. The molecule has 0 fully saturated rings. The second-order valence-electron chi connectivity index (χ2n) is 6.25. The van der Waals surface area contributed by atoms with Crippen molar-refractivity contribution in [2.24, 2.45) is 5.92 Å². The van der Waals surface area contributed by atoms with Gasteiger partial charge in [0.15, 0.2) is 0 Å². The number of rotatable bonds is 5. The van der Waals surface area contributed by atoms with Crippen LogP contribution in [0, 0.1) is 12.8 Å². The number of halogens is 3. The summed E-state index contributed by atoms with van der Waals surface area (Å²) >= 11 is 0. The molecule has 1 amide bonds. The highest BCUT2D eigenvalue weighted by Crippen LogP contribution is 2.46. The van der Waals surface area contributed by atoms with Gasteiger partial charge in [0.05, 0.1) is 5.92 Å². The first-order chi connectivity index (χ1) is 12.3. The number of benzene rings is 1. The lowest BCUT2D eigenvalue weighted by Gasteiger charge is -2.09. The average Bonchev–Trinajstić information content (AvgIpc) is 3.25. The van der Waals surface area contributed by atoms with Crippen molar-refractivity contribution in [3.63, 3.8) is 0 Å². The molecule has 4 nitrogen and oxygen atoms in total. The van der Waals surface area contributed by atoms with Crippen LogP contribution >= 0.6 is 0 Å². The molecule has 0 radical (unpaired) electrons. The molecule has 1 aromatic carbocycles. The highest BCUT2D eigenvalue weighted by atomic mass is 19.4. The van der Waals surface area contributed by atoms with Crippen molar-refractivity contribution < 1.29 is 18.0 Å². The molecule has 3 rings (SSSR count). The Balaban J connectivity index is 1.56. The van der Waals surface area contributed by atoms with Crippen LogP contribution in [0.1, 0.15) is 29.7 Å². The van der Waals surface area contributed by atoms with Gasteiger partial charge in [-0.15, -0.1) is 0 Å². The third kappa shape index (κ3) is 3.92. The third-order valence-corrected chi connectivity index (χ3v) is 4.25. The van der Waals surface area contributed by atoms with Crippen molar-refractivity contribution in [2.75, 3.05) is 6.54 Å². The van der Waals surface area contributed by atoms with Gasteiger partial charge in [0, 0.05) is 18.7 Å². The van der Waals surface area contributed by atoms with Crippen molar-refractivity contribution in [3.8, 4) is 0 Å². The highest BCUT2D eigenvalue weighted by molar-refractivity contribution is 6.05. The van der Waals surface area contributed by atoms with E-state index >= 15 is 0 Å². The summed E-state index contributed by atoms with van der Waals surface area (Å²) < 4.78 is 38.4. The normalized spacial score (nSPS) is 16.6. The van der Waals surface area contributed by atoms with Crippen LogP contribution < -0.4 is 5.32 Å². The molecule has 0 bridgehead atoms. The lowest BCUT2D eigenvalue weighted by atomic mass is 10.1. The minimum Gasteiger partial charge on any atom is -0.355 e. The maximum absolute atomic E-state index is 12.8. The van der Waals surface area contributed by atoms with Crippen molar-refractivity contribution in [2.45, 2.75) is 26.4 Å². The van der Waals surface area contributed by atoms with E-state index in [-0.39, 0.29) is 36.3 Å². The first-order valence-corrected chi connectivity index (χ1v) is 8.23. The summed E-state index contributed by atoms with van der Waals surface area (Å²) in [5, 5.41) is 2.76. The number of alkyl halides is 3. The first kappa shape index (κ1) is 18.1. The number of hydrogen-bond acceptors (Lipinski definition) is 3. The number of amides is 1. The lowest BCUT2D eigenvalue weighted by molar-refractivity contribution is -0.141. The molecule has 26 heavy (non-hydrogen) atoms. The summed E-state index contributed by atoms with van der Waals surface area (Å²) in [7, 11) is 0. The topological polar surface area (TPSA) is 54.9 Å². The molecule has 1 aliphatic carbocycles. The Morgan fingerprint density at radius 3 is 2.50 bits per heavy atom. The van der Waals surface area contributed by atoms with Crippen LogP contribution in [-0.4, -0.2) is 22.4 Å². The van der Waals surface area contributed by atoms with Crippen LogP contribution in [0.5, 0.6) is 0 Å². The van der Waals surface area contributed by atoms with Crippen LogP contribution in [0.15, 0.2) is 42.0 Å². The van der Waals surface area contributed by atoms with E-state index < -0.39 is 11.9 Å². The molecule has 7 heteroatoms. The van der Waals surface area contributed by atoms with Gasteiger partial charge in [-0.2, -0.15) is 13.2 Å². The zero-order chi connectivity index (χ0) is 18.9. The Bertz CT molecular complexity index is 860. The standard InChI is InChI=1S/C19H18F3N3O/c1-11-10-14(19(20,21)22)25-15(24-11)8-9-23-18(26)17-12(2)16(17)13-6-4-3-5-7-13/h3-7,10,17H,8-9H2,1-2H3,(H,23,26)/t17-/m0/s1. The van der Waals surface area contributed by atoms with E-state index in [0.29, 0.717) is 0 Å². The summed E-state index contributed by atoms with van der Waals surface area (Å²) in [5.41, 5.74) is 2.33. The predicted molar refractivity (Wildman–Crippen MR) is 91.0 cm³/mol. The molecular weight excluding hydrogens is 343 g/mol. The summed E-state index contributed by atoms with van der Waals surface area (Å²) in [6, 6.07) is 10.5. The fourth-order valence-corrected chi connectivity index (χ4v) is 2.96. The Hall–Kier alpha value is -2.70. The molecule has 136 valence electrons. The fourth-order valence-electron chi connectivity index (χ4n) is 2.96. The average molecular weight is 361 g/mol. The van der Waals surface area contributed by atoms with Gasteiger partial charge < -0.3 is 5.32 Å². The minimum absolute atomic E-state index is 0.0707. The zero-order valence-electron chi connectivity index (χ0n) is 14.4. The molecule has 1 aromatic heterocycles. The van der Waals surface area contributed by atoms with E-state index in [4.69, 9.17) is 0 Å². The van der Waals surface area contributed by atoms with Crippen LogP contribution in [-0.2, 0) is 17.4 Å². The number of hydrogen-bond donors (Lipinski definition) is 1. The predicted octanol–water partition coefficient (Wildman–Crippen LogP) is 3.57. The molecule has 0 unspecified atom stereocenters. The van der Waals surface area contributed by atoms with Crippen molar-refractivity contribution in [1.29, 1.82) is 0 Å². The number of nitrogens with one attached hydrogen (secondary N) is 1. The van der Waals surface area contributed by atoms with Gasteiger partial charge in [-0.25, -0.2) is 9.97 Å². The van der Waals surface area contributed by atoms with E-state index in [2.05, 4.69) is 15.3 Å². The Kier molecular flexibility index (Phi) is 4.80. The lowest BCUT2D eigenvalue weighted by Crippen LogP contribution is -2.29. The fraction of sp³-hybridized carbons (Fsp3) is 0.316. The number of aryl methyl sites for hydroxylation is 1. The van der Waals surface area contributed by atoms with Gasteiger partial charge in [-0.05, 0) is 31.1 Å². The summed E-state index contributed by atoms with van der Waals surface area (Å²) in [5.74, 6) is -0.340. The van der Waals surface area contributed by atoms with Gasteiger partial charge in [0.1, 0.15) is 11.5 Å². The van der Waals surface area contributed by atoms with Crippen molar-refractivity contribution >= 4 is 11.5 Å². The molecule has 1 N–H and O–H groups in total. The van der Waals surface area contributed by atoms with E-state index in [0.717, 1.165) is 22.8 Å². The van der Waals surface area contributed by atoms with Crippen molar-refractivity contribution in [3.05, 3.63) is 64.7 Å². The molecule has 1 aliphatic rings. The van der Waals surface area contributed by atoms with Crippen LogP contribution in [0.2, 0.25) is 0 Å². The largest absolute Gasteiger partial charge is 0.433 e. The molecule has 0 saturated heterocycles. The molecule has 0 aliphatic heterocycles. The zero-order valence-corrected chi connectivity index (χ0v) is 14.4. The maximum atomic E-state index is 12.8. The van der Waals surface area contributed by atoms with Gasteiger partial charge in [0.2, 0.25) is 5.91 Å². The van der Waals surface area contributed by atoms with Gasteiger partial charge in [-0.1, -0.05) is 35.9 Å². The third-order valence-electron chi connectivity index (χ3n) is 4.25. The van der Waals surface area contributed by atoms with E-state index in [1.165, 1.54) is 6.92 Å². The van der Waals surface area contributed by atoms with E-state index in [9.17, 15) is 18.0 Å².